The number of nitrogens with zero attached hydrogens (tertiary/aromatic N) is 2. The van der Waals surface area contributed by atoms with Crippen molar-refractivity contribution < 1.29 is 4.74 Å². The summed E-state index contributed by atoms with van der Waals surface area (Å²) in [5.41, 5.74) is 1.04. The molecule has 5 heteroatoms. The first-order chi connectivity index (χ1) is 7.76. The van der Waals surface area contributed by atoms with Gasteiger partial charge in [-0.2, -0.15) is 0 Å². The van der Waals surface area contributed by atoms with Gasteiger partial charge in [-0.1, -0.05) is 6.92 Å². The standard InChI is InChI=1S/C11H18ClN3O/c1-3-10-6-11(15-8-14-10)13-5-4-9(12)7-16-2/h6,8-9H,3-5,7H2,1-2H3,(H,13,14,15). The molecule has 0 amide bonds. The third kappa shape index (κ3) is 4.77. The van der Waals surface area contributed by atoms with Crippen LogP contribution in [-0.4, -0.2) is 35.6 Å². The Hall–Kier alpha value is -0.870. The molecule has 0 fully saturated rings. The summed E-state index contributed by atoms with van der Waals surface area (Å²) in [6, 6.07) is 1.96. The number of ether oxygens (including phenoxy) is 1. The second-order valence-corrected chi connectivity index (χ2v) is 4.13. The molecule has 4 nitrogen and oxygen atoms in total. The molecule has 0 radical (unpaired) electrons. The van der Waals surface area contributed by atoms with Crippen molar-refractivity contribution >= 4 is 17.4 Å². The molecule has 1 aromatic heterocycles. The molecule has 0 saturated carbocycles. The van der Waals surface area contributed by atoms with Crippen LogP contribution >= 0.6 is 11.6 Å². The van der Waals surface area contributed by atoms with E-state index in [1.54, 1.807) is 13.4 Å². The second-order valence-electron chi connectivity index (χ2n) is 3.52. The summed E-state index contributed by atoms with van der Waals surface area (Å²) in [4.78, 5) is 8.27. The first-order valence-electron chi connectivity index (χ1n) is 5.44. The molecule has 1 N–H and O–H groups in total. The summed E-state index contributed by atoms with van der Waals surface area (Å²) >= 11 is 6.01. The van der Waals surface area contributed by atoms with Gasteiger partial charge in [0.2, 0.25) is 0 Å². The molecule has 1 aromatic rings. The quantitative estimate of drug-likeness (QED) is 0.745. The third-order valence-electron chi connectivity index (χ3n) is 2.20. The topological polar surface area (TPSA) is 47.0 Å². The van der Waals surface area contributed by atoms with Crippen molar-refractivity contribution in [2.75, 3.05) is 25.6 Å². The number of aryl methyl sites for hydroxylation is 1. The summed E-state index contributed by atoms with van der Waals surface area (Å²) in [6.07, 6.45) is 3.34. The van der Waals surface area contributed by atoms with E-state index in [0.717, 1.165) is 30.9 Å². The fourth-order valence-corrected chi connectivity index (χ4v) is 1.54. The number of hydrogen-bond donors (Lipinski definition) is 1. The lowest BCUT2D eigenvalue weighted by atomic mass is 10.3. The maximum absolute atomic E-state index is 6.01. The van der Waals surface area contributed by atoms with Gasteiger partial charge >= 0.3 is 0 Å². The molecule has 0 aliphatic carbocycles. The largest absolute Gasteiger partial charge is 0.383 e. The highest BCUT2D eigenvalue weighted by molar-refractivity contribution is 6.20. The van der Waals surface area contributed by atoms with Crippen LogP contribution in [0.5, 0.6) is 0 Å². The van der Waals surface area contributed by atoms with Crippen LogP contribution in [0.3, 0.4) is 0 Å². The van der Waals surface area contributed by atoms with Gasteiger partial charge in [-0.25, -0.2) is 9.97 Å². The van der Waals surface area contributed by atoms with Gasteiger partial charge in [-0.05, 0) is 12.8 Å². The Morgan fingerprint density at radius 2 is 2.31 bits per heavy atom. The molecule has 90 valence electrons. The Morgan fingerprint density at radius 3 is 3.00 bits per heavy atom. The zero-order valence-electron chi connectivity index (χ0n) is 9.74. The van der Waals surface area contributed by atoms with E-state index in [9.17, 15) is 0 Å². The minimum atomic E-state index is 0.0463. The Labute approximate surface area is 101 Å². The minimum absolute atomic E-state index is 0.0463. The highest BCUT2D eigenvalue weighted by Crippen LogP contribution is 2.06. The summed E-state index contributed by atoms with van der Waals surface area (Å²) in [7, 11) is 1.65. The Morgan fingerprint density at radius 1 is 1.50 bits per heavy atom. The van der Waals surface area contributed by atoms with E-state index in [0.29, 0.717) is 6.61 Å². The summed E-state index contributed by atoms with van der Waals surface area (Å²) in [6.45, 7) is 3.43. The summed E-state index contributed by atoms with van der Waals surface area (Å²) in [5.74, 6) is 0.855. The van der Waals surface area contributed by atoms with Gasteiger partial charge in [0, 0.05) is 25.4 Å². The number of aromatic nitrogens is 2. The van der Waals surface area contributed by atoms with Crippen molar-refractivity contribution in [2.24, 2.45) is 0 Å². The van der Waals surface area contributed by atoms with Crippen molar-refractivity contribution in [2.45, 2.75) is 25.1 Å². The van der Waals surface area contributed by atoms with E-state index in [-0.39, 0.29) is 5.38 Å². The highest BCUT2D eigenvalue weighted by atomic mass is 35.5. The molecule has 1 unspecified atom stereocenters. The molecule has 1 atom stereocenters. The van der Waals surface area contributed by atoms with E-state index in [1.807, 2.05) is 6.07 Å². The third-order valence-corrected chi connectivity index (χ3v) is 2.54. The number of hydrogen-bond acceptors (Lipinski definition) is 4. The Kier molecular flexibility index (Phi) is 6.11. The highest BCUT2D eigenvalue weighted by Gasteiger charge is 2.03. The first kappa shape index (κ1) is 13.2. The van der Waals surface area contributed by atoms with Crippen LogP contribution in [0.15, 0.2) is 12.4 Å². The van der Waals surface area contributed by atoms with Crippen molar-refractivity contribution in [3.63, 3.8) is 0 Å². The average molecular weight is 244 g/mol. The fraction of sp³-hybridized carbons (Fsp3) is 0.636. The van der Waals surface area contributed by atoms with Crippen LogP contribution < -0.4 is 5.32 Å². The van der Waals surface area contributed by atoms with Crippen molar-refractivity contribution in [3.05, 3.63) is 18.1 Å². The van der Waals surface area contributed by atoms with Crippen LogP contribution in [0.25, 0.3) is 0 Å². The van der Waals surface area contributed by atoms with Gasteiger partial charge in [0.05, 0.1) is 12.0 Å². The number of halogens is 1. The molecule has 16 heavy (non-hydrogen) atoms. The fourth-order valence-electron chi connectivity index (χ4n) is 1.31. The molecule has 0 aromatic carbocycles. The smallest absolute Gasteiger partial charge is 0.129 e. The summed E-state index contributed by atoms with van der Waals surface area (Å²) < 4.78 is 4.96. The molecule has 1 rings (SSSR count). The molecular formula is C11H18ClN3O. The maximum atomic E-state index is 6.01. The van der Waals surface area contributed by atoms with E-state index >= 15 is 0 Å². The lowest BCUT2D eigenvalue weighted by molar-refractivity contribution is 0.196. The lowest BCUT2D eigenvalue weighted by Crippen LogP contribution is -2.14. The van der Waals surface area contributed by atoms with Crippen LogP contribution in [0.1, 0.15) is 19.0 Å². The van der Waals surface area contributed by atoms with Gasteiger partial charge in [-0.15, -0.1) is 11.6 Å². The van der Waals surface area contributed by atoms with E-state index in [1.165, 1.54) is 0 Å². The monoisotopic (exact) mass is 243 g/mol. The SMILES string of the molecule is CCc1cc(NCCC(Cl)COC)ncn1. The van der Waals surface area contributed by atoms with Crippen LogP contribution in [-0.2, 0) is 11.2 Å². The number of rotatable bonds is 7. The molecule has 0 aliphatic heterocycles. The predicted octanol–water partition coefficient (Wildman–Crippen LogP) is 2.09. The van der Waals surface area contributed by atoms with Gasteiger partial charge < -0.3 is 10.1 Å². The summed E-state index contributed by atoms with van der Waals surface area (Å²) in [5, 5.41) is 3.26. The minimum Gasteiger partial charge on any atom is -0.383 e. The van der Waals surface area contributed by atoms with Crippen LogP contribution in [0.2, 0.25) is 0 Å². The lowest BCUT2D eigenvalue weighted by Gasteiger charge is -2.09. The Balaban J connectivity index is 2.31. The second kappa shape index (κ2) is 7.41. The van der Waals surface area contributed by atoms with Gasteiger partial charge in [0.15, 0.2) is 0 Å². The number of nitrogens with one attached hydrogen (secondary N) is 1. The first-order valence-corrected chi connectivity index (χ1v) is 5.87. The maximum Gasteiger partial charge on any atom is 0.129 e. The zero-order chi connectivity index (χ0) is 11.8. The van der Waals surface area contributed by atoms with Gasteiger partial charge in [0.25, 0.3) is 0 Å². The van der Waals surface area contributed by atoms with Gasteiger partial charge in [-0.3, -0.25) is 0 Å². The zero-order valence-corrected chi connectivity index (χ0v) is 10.5. The molecule has 1 heterocycles. The molecule has 0 aliphatic rings. The van der Waals surface area contributed by atoms with Crippen LogP contribution in [0, 0.1) is 0 Å². The van der Waals surface area contributed by atoms with Crippen molar-refractivity contribution in [1.29, 1.82) is 0 Å². The van der Waals surface area contributed by atoms with E-state index in [2.05, 4.69) is 22.2 Å². The number of anilines is 1. The van der Waals surface area contributed by atoms with Crippen LogP contribution in [0.4, 0.5) is 5.82 Å². The Bertz CT molecular complexity index is 309. The van der Waals surface area contributed by atoms with Gasteiger partial charge in [0.1, 0.15) is 12.1 Å². The molecule has 0 saturated heterocycles. The van der Waals surface area contributed by atoms with Crippen molar-refractivity contribution in [1.82, 2.24) is 9.97 Å². The predicted molar refractivity (Wildman–Crippen MR) is 66.0 cm³/mol. The normalized spacial score (nSPS) is 12.4. The molecule has 0 spiro atoms. The average Bonchev–Trinajstić information content (AvgIpc) is 2.30. The molecule has 0 bridgehead atoms. The number of alkyl halides is 1. The number of methoxy groups -OCH3 is 1. The van der Waals surface area contributed by atoms with E-state index < -0.39 is 0 Å². The van der Waals surface area contributed by atoms with Crippen molar-refractivity contribution in [3.8, 4) is 0 Å². The van der Waals surface area contributed by atoms with E-state index in [4.69, 9.17) is 16.3 Å². The molecular weight excluding hydrogens is 226 g/mol.